The summed E-state index contributed by atoms with van der Waals surface area (Å²) in [5.41, 5.74) is 6.65. The molecule has 1 N–H and O–H groups in total. The highest BCUT2D eigenvalue weighted by Crippen LogP contribution is 2.33. The van der Waals surface area contributed by atoms with Crippen LogP contribution in [0.25, 0.3) is 0 Å². The third-order valence-electron chi connectivity index (χ3n) is 5.53. The predicted molar refractivity (Wildman–Crippen MR) is 179 cm³/mol. The molecule has 0 bridgehead atoms. The summed E-state index contributed by atoms with van der Waals surface area (Å²) in [6.07, 6.45) is 0. The molecule has 1 unspecified atom stereocenters. The van der Waals surface area contributed by atoms with E-state index in [2.05, 4.69) is 26.3 Å². The molecule has 0 aliphatic carbocycles. The quantitative estimate of drug-likeness (QED) is 0.153. The monoisotopic (exact) mass is 736 g/mol. The fourth-order valence-corrected chi connectivity index (χ4v) is 26.7. The van der Waals surface area contributed by atoms with Gasteiger partial charge in [-0.1, -0.05) is 22.8 Å². The van der Waals surface area contributed by atoms with Gasteiger partial charge in [-0.05, 0) is 52.4 Å². The molecule has 0 fully saturated rings. The van der Waals surface area contributed by atoms with E-state index in [0.717, 1.165) is 0 Å². The highest BCUT2D eigenvalue weighted by atomic mass is 28.6. The van der Waals surface area contributed by atoms with E-state index in [1.165, 1.54) is 35.5 Å². The molecule has 0 aromatic carbocycles. The summed E-state index contributed by atoms with van der Waals surface area (Å²) in [6, 6.07) is 0. The fourth-order valence-electron chi connectivity index (χ4n) is 2.72. The van der Waals surface area contributed by atoms with E-state index in [-0.39, 0.29) is 0 Å². The van der Waals surface area contributed by atoms with E-state index in [4.69, 9.17) is 50.9 Å². The van der Waals surface area contributed by atoms with Gasteiger partial charge in [0.1, 0.15) is 0 Å². The molecule has 0 spiro atoms. The maximum absolute atomic E-state index is 12.0. The van der Waals surface area contributed by atoms with Gasteiger partial charge in [-0.2, -0.15) is 0 Å². The Balaban J connectivity index is 7.43. The largest absolute Gasteiger partial charge is 0.673 e. The lowest BCUT2D eigenvalue weighted by atomic mass is 11.3. The van der Waals surface area contributed by atoms with Crippen molar-refractivity contribution in [1.82, 2.24) is 0 Å². The highest BCUT2D eigenvalue weighted by Gasteiger charge is 2.69. The van der Waals surface area contributed by atoms with E-state index in [1.807, 2.05) is 52.4 Å². The predicted octanol–water partition coefficient (Wildman–Crippen LogP) is 3.79. The van der Waals surface area contributed by atoms with Crippen molar-refractivity contribution in [2.75, 3.05) is 35.5 Å². The van der Waals surface area contributed by atoms with Gasteiger partial charge in [-0.25, -0.2) is 0 Å². The summed E-state index contributed by atoms with van der Waals surface area (Å²) < 4.78 is 72.7. The Morgan fingerprint density at radius 3 is 0.881 bits per heavy atom. The zero-order valence-electron chi connectivity index (χ0n) is 27.5. The van der Waals surface area contributed by atoms with Crippen LogP contribution in [0.1, 0.15) is 0 Å². The Labute approximate surface area is 261 Å². The Morgan fingerprint density at radius 1 is 0.381 bits per heavy atom. The van der Waals surface area contributed by atoms with Crippen LogP contribution >= 0.6 is 0 Å². The van der Waals surface area contributed by atoms with Crippen LogP contribution in [0.5, 0.6) is 0 Å². The van der Waals surface area contributed by atoms with E-state index >= 15 is 0 Å². The normalized spacial score (nSPS) is 15.7. The molecule has 0 rings (SSSR count). The van der Waals surface area contributed by atoms with Crippen molar-refractivity contribution < 1.29 is 55.7 Å². The molecular formula is C21H52O13Si8. The zero-order chi connectivity index (χ0) is 33.3. The van der Waals surface area contributed by atoms with Crippen LogP contribution in [-0.4, -0.2) is 110 Å². The average molecular weight is 737 g/mol. The molecule has 0 aliphatic rings. The summed E-state index contributed by atoms with van der Waals surface area (Å²) in [5.74, 6) is 0. The van der Waals surface area contributed by atoms with Crippen molar-refractivity contribution in [3.63, 3.8) is 0 Å². The summed E-state index contributed by atoms with van der Waals surface area (Å²) >= 11 is 0. The Bertz CT molecular complexity index is 864. The zero-order valence-corrected chi connectivity index (χ0v) is 35.5. The molecule has 0 radical (unpaired) electrons. The van der Waals surface area contributed by atoms with Crippen molar-refractivity contribution in [3.8, 4) is 0 Å². The van der Waals surface area contributed by atoms with Gasteiger partial charge in [0, 0.05) is 35.5 Å². The van der Waals surface area contributed by atoms with Crippen molar-refractivity contribution in [3.05, 3.63) is 49.1 Å². The first-order chi connectivity index (χ1) is 19.0. The lowest BCUT2D eigenvalue weighted by Gasteiger charge is -2.44. The summed E-state index contributed by atoms with van der Waals surface area (Å²) in [6.45, 7) is 30.4. The van der Waals surface area contributed by atoms with Crippen molar-refractivity contribution >= 4 is 69.5 Å². The van der Waals surface area contributed by atoms with Crippen LogP contribution in [-0.2, 0) is 50.9 Å². The molecule has 0 amide bonds. The summed E-state index contributed by atoms with van der Waals surface area (Å²) in [7, 11) is -22.2. The van der Waals surface area contributed by atoms with Gasteiger partial charge in [-0.15, -0.1) is 26.3 Å². The van der Waals surface area contributed by atoms with Crippen LogP contribution in [0.4, 0.5) is 0 Å². The third-order valence-corrected chi connectivity index (χ3v) is 30.5. The van der Waals surface area contributed by atoms with Crippen LogP contribution in [0.3, 0.4) is 0 Å². The minimum absolute atomic E-state index is 1.20. The van der Waals surface area contributed by atoms with E-state index in [1.54, 1.807) is 22.8 Å². The molecular weight excluding hydrogens is 685 g/mol. The van der Waals surface area contributed by atoms with Crippen LogP contribution in [0.2, 0.25) is 52.4 Å². The number of hydrogen-bond donors (Lipinski definition) is 1. The van der Waals surface area contributed by atoms with Crippen LogP contribution < -0.4 is 0 Å². The molecule has 0 heterocycles. The minimum atomic E-state index is -4.92. The van der Waals surface area contributed by atoms with Gasteiger partial charge < -0.3 is 55.7 Å². The maximum atomic E-state index is 12.0. The Kier molecular flexibility index (Phi) is 16.2. The second-order valence-corrected chi connectivity index (χ2v) is 37.3. The van der Waals surface area contributed by atoms with E-state index in [0.29, 0.717) is 0 Å². The second kappa shape index (κ2) is 16.1. The molecule has 42 heavy (non-hydrogen) atoms. The van der Waals surface area contributed by atoms with Crippen LogP contribution in [0, 0.1) is 0 Å². The van der Waals surface area contributed by atoms with Gasteiger partial charge in [-0.3, -0.25) is 0 Å². The molecule has 246 valence electrons. The molecule has 21 heteroatoms. The lowest BCUT2D eigenvalue weighted by Crippen LogP contribution is -2.73. The van der Waals surface area contributed by atoms with Gasteiger partial charge in [0.05, 0.1) is 0 Å². The van der Waals surface area contributed by atoms with Gasteiger partial charge in [0.2, 0.25) is 33.3 Å². The first-order valence-corrected chi connectivity index (χ1v) is 31.4. The lowest BCUT2D eigenvalue weighted by molar-refractivity contribution is -0.0248. The SMILES string of the molecule is C=C[Si](C)(C)O[Si](OC)(O[Si](C)(C)C=C)O[Si](O)(OC)O[Si](O[Si](C)(C)C=C)(O[Si](C)(C)C=C)O[Si](OC)(OC)OC. The topological polar surface area (TPSA) is 131 Å². The molecule has 0 saturated heterocycles. The van der Waals surface area contributed by atoms with Crippen molar-refractivity contribution in [2.45, 2.75) is 52.4 Å². The molecule has 0 aliphatic heterocycles. The molecule has 13 nitrogen and oxygen atoms in total. The Morgan fingerprint density at radius 2 is 0.643 bits per heavy atom. The number of hydrogen-bond acceptors (Lipinski definition) is 13. The number of rotatable bonds is 23. The highest BCUT2D eigenvalue weighted by molar-refractivity contribution is 6.93. The van der Waals surface area contributed by atoms with Crippen LogP contribution in [0.15, 0.2) is 49.1 Å². The Hall–Kier alpha value is 0.175. The van der Waals surface area contributed by atoms with E-state index < -0.39 is 69.5 Å². The fraction of sp³-hybridized carbons (Fsp3) is 0.619. The van der Waals surface area contributed by atoms with Crippen molar-refractivity contribution in [2.24, 2.45) is 0 Å². The maximum Gasteiger partial charge on any atom is 0.673 e. The average Bonchev–Trinajstić information content (AvgIpc) is 2.90. The van der Waals surface area contributed by atoms with Crippen molar-refractivity contribution in [1.29, 1.82) is 0 Å². The third kappa shape index (κ3) is 12.9. The minimum Gasteiger partial charge on any atom is -0.391 e. The molecule has 0 aromatic rings. The summed E-state index contributed by atoms with van der Waals surface area (Å²) in [5, 5.41) is 0. The first kappa shape index (κ1) is 42.2. The second-order valence-electron chi connectivity index (χ2n) is 11.0. The van der Waals surface area contributed by atoms with Gasteiger partial charge in [0.15, 0.2) is 0 Å². The molecule has 0 saturated carbocycles. The van der Waals surface area contributed by atoms with Gasteiger partial charge >= 0.3 is 36.2 Å². The molecule has 0 aromatic heterocycles. The summed E-state index contributed by atoms with van der Waals surface area (Å²) in [4.78, 5) is 12.0. The smallest absolute Gasteiger partial charge is 0.391 e. The first-order valence-electron chi connectivity index (χ1n) is 12.9. The van der Waals surface area contributed by atoms with Gasteiger partial charge in [0.25, 0.3) is 0 Å². The molecule has 1 atom stereocenters. The van der Waals surface area contributed by atoms with E-state index in [9.17, 15) is 4.80 Å². The standard InChI is InChI=1S/C21H52O13Si8/c1-18-35(10,11)28-41(27-9,29-36(12,13)19-2)32-39(22,23-5)33-42(30-37(14,15)20-3,31-38(16,17)21-4)34-40(24-6,25-7)26-8/h18-22H,1-4H2,5-17H3.